The molecular weight excluding hydrogens is 212 g/mol. The maximum Gasteiger partial charge on any atom is 0.271 e. The van der Waals surface area contributed by atoms with Gasteiger partial charge in [0, 0.05) is 20.0 Å². The molecule has 0 bridgehead atoms. The Bertz CT molecular complexity index is 292. The third-order valence-electron chi connectivity index (χ3n) is 2.10. The first kappa shape index (κ1) is 12.5. The first-order valence-electron chi connectivity index (χ1n) is 4.85. The van der Waals surface area contributed by atoms with Crippen molar-refractivity contribution in [1.29, 1.82) is 0 Å². The second kappa shape index (κ2) is 6.09. The van der Waals surface area contributed by atoms with E-state index in [1.807, 2.05) is 0 Å². The van der Waals surface area contributed by atoms with Crippen LogP contribution in [0.5, 0.6) is 0 Å². The van der Waals surface area contributed by atoms with Gasteiger partial charge in [-0.05, 0) is 0 Å². The average molecular weight is 228 g/mol. The summed E-state index contributed by atoms with van der Waals surface area (Å²) in [5.41, 5.74) is 2.67. The number of aliphatic hydroxyl groups is 1. The van der Waals surface area contributed by atoms with E-state index in [9.17, 15) is 9.90 Å². The summed E-state index contributed by atoms with van der Waals surface area (Å²) in [5.74, 6) is -0.378. The topological polar surface area (TPSA) is 95.0 Å². The van der Waals surface area contributed by atoms with Gasteiger partial charge in [-0.1, -0.05) is 0 Å². The summed E-state index contributed by atoms with van der Waals surface area (Å²) in [6.07, 6.45) is 0.781. The summed E-state index contributed by atoms with van der Waals surface area (Å²) in [6, 6.07) is -0.389. The molecule has 0 radical (unpaired) electrons. The van der Waals surface area contributed by atoms with E-state index in [1.54, 1.807) is 7.05 Å². The third-order valence-corrected chi connectivity index (χ3v) is 2.10. The van der Waals surface area contributed by atoms with Crippen molar-refractivity contribution in [3.05, 3.63) is 11.9 Å². The fourth-order valence-corrected chi connectivity index (χ4v) is 1.31. The van der Waals surface area contributed by atoms with Crippen LogP contribution in [-0.4, -0.2) is 50.1 Å². The maximum atomic E-state index is 11.7. The van der Waals surface area contributed by atoms with Gasteiger partial charge < -0.3 is 20.5 Å². The van der Waals surface area contributed by atoms with Crippen LogP contribution in [-0.2, 0) is 9.53 Å². The first-order chi connectivity index (χ1) is 7.69. The summed E-state index contributed by atoms with van der Waals surface area (Å²) in [5, 5.41) is 18.2. The van der Waals surface area contributed by atoms with Gasteiger partial charge in [-0.25, -0.2) is 0 Å². The minimum Gasteiger partial charge on any atom is -0.392 e. The van der Waals surface area contributed by atoms with Gasteiger partial charge in [0.1, 0.15) is 5.70 Å². The van der Waals surface area contributed by atoms with E-state index in [1.165, 1.54) is 6.20 Å². The molecule has 7 nitrogen and oxygen atoms in total. The van der Waals surface area contributed by atoms with Crippen molar-refractivity contribution < 1.29 is 14.6 Å². The number of ether oxygens (including phenoxy) is 1. The lowest BCUT2D eigenvalue weighted by Gasteiger charge is -2.15. The second-order valence-electron chi connectivity index (χ2n) is 3.30. The molecule has 1 aliphatic rings. The highest BCUT2D eigenvalue weighted by Gasteiger charge is 2.28. The molecule has 16 heavy (non-hydrogen) atoms. The molecule has 4 N–H and O–H groups in total. The molecule has 0 aromatic rings. The Balaban J connectivity index is 2.54. The number of rotatable bonds is 5. The first-order valence-corrected chi connectivity index (χ1v) is 4.85. The zero-order valence-electron chi connectivity index (χ0n) is 9.06. The monoisotopic (exact) mass is 228 g/mol. The molecule has 0 spiro atoms. The molecular formula is C9H16N4O3. The van der Waals surface area contributed by atoms with Crippen molar-refractivity contribution in [2.45, 2.75) is 12.1 Å². The number of hydrogen-bond donors (Lipinski definition) is 4. The minimum absolute atomic E-state index is 0.219. The maximum absolute atomic E-state index is 11.7. The number of hydrazone groups is 1. The molecule has 0 aromatic heterocycles. The average Bonchev–Trinajstić information content (AvgIpc) is 2.64. The zero-order chi connectivity index (χ0) is 12.0. The highest BCUT2D eigenvalue weighted by atomic mass is 16.5. The number of nitrogens with zero attached hydrogens (tertiary/aromatic N) is 1. The molecule has 0 aliphatic carbocycles. The summed E-state index contributed by atoms with van der Waals surface area (Å²) >= 11 is 0. The number of amides is 1. The molecule has 0 saturated carbocycles. The Morgan fingerprint density at radius 3 is 2.88 bits per heavy atom. The highest BCUT2D eigenvalue weighted by Crippen LogP contribution is 2.05. The van der Waals surface area contributed by atoms with Crippen LogP contribution < -0.4 is 16.1 Å². The molecule has 1 fully saturated rings. The number of carbonyl (C=O) groups is 1. The smallest absolute Gasteiger partial charge is 0.271 e. The van der Waals surface area contributed by atoms with Crippen molar-refractivity contribution in [2.24, 2.45) is 5.10 Å². The Morgan fingerprint density at radius 1 is 1.62 bits per heavy atom. The van der Waals surface area contributed by atoms with Gasteiger partial charge in [0.15, 0.2) is 0 Å². The van der Waals surface area contributed by atoms with E-state index >= 15 is 0 Å². The van der Waals surface area contributed by atoms with E-state index in [0.717, 1.165) is 0 Å². The van der Waals surface area contributed by atoms with Crippen LogP contribution in [0.15, 0.2) is 17.0 Å². The lowest BCUT2D eigenvalue weighted by atomic mass is 10.2. The predicted molar refractivity (Wildman–Crippen MR) is 58.6 cm³/mol. The Morgan fingerprint density at radius 2 is 2.38 bits per heavy atom. The molecule has 2 unspecified atom stereocenters. The predicted octanol–water partition coefficient (Wildman–Crippen LogP) is -1.87. The molecule has 1 saturated heterocycles. The van der Waals surface area contributed by atoms with Gasteiger partial charge in [0.05, 0.1) is 25.4 Å². The van der Waals surface area contributed by atoms with Crippen molar-refractivity contribution in [3.63, 3.8) is 0 Å². The lowest BCUT2D eigenvalue weighted by Crippen LogP contribution is -2.44. The van der Waals surface area contributed by atoms with Crippen molar-refractivity contribution in [3.8, 4) is 0 Å². The minimum atomic E-state index is -0.670. The molecule has 1 heterocycles. The van der Waals surface area contributed by atoms with E-state index in [0.29, 0.717) is 6.61 Å². The summed E-state index contributed by atoms with van der Waals surface area (Å²) in [4.78, 5) is 11.7. The van der Waals surface area contributed by atoms with E-state index in [-0.39, 0.29) is 24.3 Å². The van der Waals surface area contributed by atoms with E-state index < -0.39 is 6.10 Å². The van der Waals surface area contributed by atoms with Gasteiger partial charge in [-0.2, -0.15) is 5.10 Å². The Labute approximate surface area is 93.5 Å². The number of aliphatic hydroxyl groups excluding tert-OH is 1. The highest BCUT2D eigenvalue weighted by molar-refractivity contribution is 5.92. The van der Waals surface area contributed by atoms with Crippen molar-refractivity contribution in [1.82, 2.24) is 16.1 Å². The zero-order valence-corrected chi connectivity index (χ0v) is 9.06. The van der Waals surface area contributed by atoms with E-state index in [2.05, 4.69) is 27.9 Å². The largest absolute Gasteiger partial charge is 0.392 e. The van der Waals surface area contributed by atoms with E-state index in [4.69, 9.17) is 4.74 Å². The van der Waals surface area contributed by atoms with Crippen LogP contribution in [0.3, 0.4) is 0 Å². The molecule has 90 valence electrons. The molecule has 2 atom stereocenters. The Kier molecular flexibility index (Phi) is 4.74. The van der Waals surface area contributed by atoms with Crippen molar-refractivity contribution in [2.75, 3.05) is 20.3 Å². The number of carbonyl (C=O) groups excluding carboxylic acids is 1. The fourth-order valence-electron chi connectivity index (χ4n) is 1.31. The molecule has 7 heteroatoms. The molecule has 1 amide bonds. The van der Waals surface area contributed by atoms with Crippen LogP contribution in [0.25, 0.3) is 0 Å². The van der Waals surface area contributed by atoms with Crippen LogP contribution in [0.4, 0.5) is 0 Å². The van der Waals surface area contributed by atoms with Crippen LogP contribution in [0, 0.1) is 0 Å². The van der Waals surface area contributed by atoms with Crippen LogP contribution in [0.1, 0.15) is 0 Å². The fraction of sp³-hybridized carbons (Fsp3) is 0.556. The molecule has 0 aromatic carbocycles. The molecule has 1 aliphatic heterocycles. The van der Waals surface area contributed by atoms with Gasteiger partial charge in [0.2, 0.25) is 0 Å². The number of nitrogens with one attached hydrogen (secondary N) is 3. The summed E-state index contributed by atoms with van der Waals surface area (Å²) in [7, 11) is 1.66. The quantitative estimate of drug-likeness (QED) is 0.251. The van der Waals surface area contributed by atoms with Gasteiger partial charge in [0.25, 0.3) is 5.91 Å². The number of hydrogen-bond acceptors (Lipinski definition) is 6. The van der Waals surface area contributed by atoms with Crippen molar-refractivity contribution >= 4 is 12.6 Å². The lowest BCUT2D eigenvalue weighted by molar-refractivity contribution is -0.119. The molecule has 1 rings (SSSR count). The Hall–Kier alpha value is -1.60. The van der Waals surface area contributed by atoms with Crippen LogP contribution in [0.2, 0.25) is 0 Å². The van der Waals surface area contributed by atoms with Crippen LogP contribution >= 0.6 is 0 Å². The SMILES string of the molecule is C=NN/C(=C\NC)C(=O)NC1COCC1O. The van der Waals surface area contributed by atoms with Gasteiger partial charge in [-0.3, -0.25) is 10.2 Å². The standard InChI is InChI=1S/C9H16N4O3/c1-10-3-6(13-11-2)9(15)12-7-4-16-5-8(7)14/h3,7-8,10,13-14H,2,4-5H2,1H3,(H,12,15)/b6-3-. The van der Waals surface area contributed by atoms with Gasteiger partial charge in [-0.15, -0.1) is 0 Å². The normalized spacial score (nSPS) is 25.0. The summed E-state index contributed by atoms with van der Waals surface area (Å²) in [6.45, 7) is 3.77. The van der Waals surface area contributed by atoms with Gasteiger partial charge >= 0.3 is 0 Å². The second-order valence-corrected chi connectivity index (χ2v) is 3.30. The third kappa shape index (κ3) is 3.21. The summed E-state index contributed by atoms with van der Waals surface area (Å²) < 4.78 is 5.01.